The number of hydrogen-bond acceptors (Lipinski definition) is 7. The number of benzene rings is 2. The van der Waals surface area contributed by atoms with Crippen molar-refractivity contribution < 1.29 is 27.6 Å². The van der Waals surface area contributed by atoms with Crippen LogP contribution in [0.4, 0.5) is 5.69 Å². The molecule has 0 fully saturated rings. The van der Waals surface area contributed by atoms with Gasteiger partial charge in [0, 0.05) is 25.2 Å². The minimum Gasteiger partial charge on any atom is -0.497 e. The van der Waals surface area contributed by atoms with Gasteiger partial charge in [-0.2, -0.15) is 4.31 Å². The normalized spacial score (nSPS) is 11.3. The van der Waals surface area contributed by atoms with Crippen LogP contribution in [0.1, 0.15) is 12.0 Å². The van der Waals surface area contributed by atoms with Gasteiger partial charge in [0.2, 0.25) is 10.0 Å². The van der Waals surface area contributed by atoms with Gasteiger partial charge in [-0.15, -0.1) is 0 Å². The number of hydrogen-bond donors (Lipinski definition) is 0. The Kier molecular flexibility index (Phi) is 7.68. The minimum atomic E-state index is -3.95. The van der Waals surface area contributed by atoms with Crippen molar-refractivity contribution in [2.24, 2.45) is 0 Å². The van der Waals surface area contributed by atoms with E-state index in [0.717, 1.165) is 17.7 Å². The second-order valence-corrected chi connectivity index (χ2v) is 8.02. The summed E-state index contributed by atoms with van der Waals surface area (Å²) in [6.07, 6.45) is 0.308. The maximum atomic E-state index is 13.0. The molecule has 0 heterocycles. The molecule has 0 radical (unpaired) electrons. The molecule has 10 heteroatoms. The number of methoxy groups -OCH3 is 2. The second kappa shape index (κ2) is 9.99. The Labute approximate surface area is 169 Å². The molecule has 0 saturated carbocycles. The van der Waals surface area contributed by atoms with Crippen LogP contribution in [-0.4, -0.2) is 50.9 Å². The molecule has 156 valence electrons. The van der Waals surface area contributed by atoms with Crippen molar-refractivity contribution >= 4 is 21.7 Å². The second-order valence-electron chi connectivity index (χ2n) is 6.08. The SMILES string of the molecule is COC(=O)CCN(CCc1ccc(OC)cc1)S(=O)(=O)c1ccc([N+](=O)[O-])cc1. The van der Waals surface area contributed by atoms with E-state index in [1.165, 1.54) is 23.5 Å². The maximum Gasteiger partial charge on any atom is 0.306 e. The lowest BCUT2D eigenvalue weighted by Crippen LogP contribution is -2.35. The Morgan fingerprint density at radius 3 is 2.17 bits per heavy atom. The van der Waals surface area contributed by atoms with Gasteiger partial charge in [0.15, 0.2) is 0 Å². The van der Waals surface area contributed by atoms with Crippen molar-refractivity contribution in [2.75, 3.05) is 27.3 Å². The molecule has 0 unspecified atom stereocenters. The molecule has 0 atom stereocenters. The third-order valence-electron chi connectivity index (χ3n) is 4.29. The van der Waals surface area contributed by atoms with Gasteiger partial charge in [0.1, 0.15) is 5.75 Å². The Hall–Kier alpha value is -2.98. The smallest absolute Gasteiger partial charge is 0.306 e. The molecule has 2 aromatic carbocycles. The molecule has 0 bridgehead atoms. The van der Waals surface area contributed by atoms with Crippen molar-refractivity contribution in [3.05, 3.63) is 64.2 Å². The lowest BCUT2D eigenvalue weighted by molar-refractivity contribution is -0.384. The summed E-state index contributed by atoms with van der Waals surface area (Å²) in [7, 11) is -1.17. The van der Waals surface area contributed by atoms with E-state index in [4.69, 9.17) is 4.74 Å². The lowest BCUT2D eigenvalue weighted by atomic mass is 10.1. The summed E-state index contributed by atoms with van der Waals surface area (Å²) in [5.74, 6) is 0.160. The highest BCUT2D eigenvalue weighted by Crippen LogP contribution is 2.21. The summed E-state index contributed by atoms with van der Waals surface area (Å²) in [6, 6.07) is 11.9. The van der Waals surface area contributed by atoms with Gasteiger partial charge in [-0.3, -0.25) is 14.9 Å². The predicted octanol–water partition coefficient (Wildman–Crippen LogP) is 2.40. The lowest BCUT2D eigenvalue weighted by Gasteiger charge is -2.22. The number of non-ortho nitro benzene ring substituents is 1. The first-order valence-corrected chi connectivity index (χ1v) is 10.2. The Morgan fingerprint density at radius 1 is 1.03 bits per heavy atom. The summed E-state index contributed by atoms with van der Waals surface area (Å²) in [5.41, 5.74) is 0.691. The van der Waals surface area contributed by atoms with Gasteiger partial charge in [-0.1, -0.05) is 12.1 Å². The van der Waals surface area contributed by atoms with Crippen LogP contribution in [-0.2, 0) is 26.0 Å². The number of sulfonamides is 1. The zero-order valence-electron chi connectivity index (χ0n) is 16.1. The van der Waals surface area contributed by atoms with Crippen LogP contribution in [0, 0.1) is 10.1 Å². The maximum absolute atomic E-state index is 13.0. The zero-order chi connectivity index (χ0) is 21.4. The highest BCUT2D eigenvalue weighted by atomic mass is 32.2. The van der Waals surface area contributed by atoms with E-state index < -0.39 is 20.9 Å². The number of carbonyl (C=O) groups is 1. The molecule has 9 nitrogen and oxygen atoms in total. The molecule has 0 amide bonds. The third-order valence-corrected chi connectivity index (χ3v) is 6.20. The molecule has 0 aliphatic carbocycles. The van der Waals surface area contributed by atoms with Gasteiger partial charge >= 0.3 is 5.97 Å². The zero-order valence-corrected chi connectivity index (χ0v) is 16.9. The fraction of sp³-hybridized carbons (Fsp3) is 0.316. The van der Waals surface area contributed by atoms with Gasteiger partial charge < -0.3 is 9.47 Å². The fourth-order valence-electron chi connectivity index (χ4n) is 2.61. The molecule has 0 aliphatic heterocycles. The monoisotopic (exact) mass is 422 g/mol. The highest BCUT2D eigenvalue weighted by Gasteiger charge is 2.25. The minimum absolute atomic E-state index is 0.0673. The standard InChI is InChI=1S/C19H22N2O7S/c1-27-17-7-3-15(4-8-17)11-13-20(14-12-19(22)28-2)29(25,26)18-9-5-16(6-10-18)21(23)24/h3-10H,11-14H2,1-2H3. The van der Waals surface area contributed by atoms with E-state index in [9.17, 15) is 23.3 Å². The van der Waals surface area contributed by atoms with Crippen LogP contribution in [0.3, 0.4) is 0 Å². The number of nitro benzene ring substituents is 1. The Morgan fingerprint density at radius 2 is 1.66 bits per heavy atom. The van der Waals surface area contributed by atoms with E-state index >= 15 is 0 Å². The van der Waals surface area contributed by atoms with Crippen molar-refractivity contribution in [3.63, 3.8) is 0 Å². The van der Waals surface area contributed by atoms with Crippen LogP contribution in [0.2, 0.25) is 0 Å². The van der Waals surface area contributed by atoms with Gasteiger partial charge in [0.05, 0.1) is 30.5 Å². The Balaban J connectivity index is 2.22. The van der Waals surface area contributed by atoms with E-state index in [2.05, 4.69) is 4.74 Å². The molecular weight excluding hydrogens is 400 g/mol. The van der Waals surface area contributed by atoms with Crippen LogP contribution < -0.4 is 4.74 Å². The van der Waals surface area contributed by atoms with Crippen molar-refractivity contribution in [1.29, 1.82) is 0 Å². The van der Waals surface area contributed by atoms with Crippen LogP contribution in [0.25, 0.3) is 0 Å². The number of ether oxygens (including phenoxy) is 2. The quantitative estimate of drug-likeness (QED) is 0.328. The van der Waals surface area contributed by atoms with E-state index in [1.807, 2.05) is 12.1 Å². The molecule has 0 spiro atoms. The van der Waals surface area contributed by atoms with Crippen molar-refractivity contribution in [1.82, 2.24) is 4.31 Å². The first-order valence-electron chi connectivity index (χ1n) is 8.72. The number of esters is 1. The van der Waals surface area contributed by atoms with Gasteiger partial charge in [-0.25, -0.2) is 8.42 Å². The molecule has 0 aliphatic rings. The number of nitrogens with zero attached hydrogens (tertiary/aromatic N) is 2. The van der Waals surface area contributed by atoms with E-state index in [0.29, 0.717) is 12.2 Å². The molecule has 0 saturated heterocycles. The molecule has 0 aromatic heterocycles. The van der Waals surface area contributed by atoms with Crippen LogP contribution in [0.15, 0.2) is 53.4 Å². The molecule has 29 heavy (non-hydrogen) atoms. The number of carbonyl (C=O) groups excluding carboxylic acids is 1. The summed E-state index contributed by atoms with van der Waals surface area (Å²) in [4.78, 5) is 21.6. The summed E-state index contributed by atoms with van der Waals surface area (Å²) in [5, 5.41) is 10.8. The average molecular weight is 422 g/mol. The largest absolute Gasteiger partial charge is 0.497 e. The number of nitro groups is 1. The van der Waals surface area contributed by atoms with Crippen molar-refractivity contribution in [2.45, 2.75) is 17.7 Å². The predicted molar refractivity (Wildman–Crippen MR) is 105 cm³/mol. The fourth-order valence-corrected chi connectivity index (χ4v) is 4.05. The topological polar surface area (TPSA) is 116 Å². The summed E-state index contributed by atoms with van der Waals surface area (Å²) >= 11 is 0. The van der Waals surface area contributed by atoms with E-state index in [-0.39, 0.29) is 30.1 Å². The first-order chi connectivity index (χ1) is 13.8. The average Bonchev–Trinajstić information content (AvgIpc) is 2.73. The molecule has 2 rings (SSSR count). The summed E-state index contributed by atoms with van der Waals surface area (Å²) in [6.45, 7) is 0.0603. The molecule has 2 aromatic rings. The third kappa shape index (κ3) is 6.00. The van der Waals surface area contributed by atoms with Gasteiger partial charge in [-0.05, 0) is 36.2 Å². The van der Waals surface area contributed by atoms with Crippen LogP contribution in [0.5, 0.6) is 5.75 Å². The number of rotatable bonds is 10. The first kappa shape index (κ1) is 22.3. The van der Waals surface area contributed by atoms with Crippen molar-refractivity contribution in [3.8, 4) is 5.75 Å². The summed E-state index contributed by atoms with van der Waals surface area (Å²) < 4.78 is 36.9. The van der Waals surface area contributed by atoms with Crippen LogP contribution >= 0.6 is 0 Å². The van der Waals surface area contributed by atoms with Gasteiger partial charge in [0.25, 0.3) is 5.69 Å². The Bertz CT molecular complexity index is 942. The highest BCUT2D eigenvalue weighted by molar-refractivity contribution is 7.89. The molecule has 0 N–H and O–H groups in total. The van der Waals surface area contributed by atoms with E-state index in [1.54, 1.807) is 19.2 Å². The molecular formula is C19H22N2O7S.